The van der Waals surface area contributed by atoms with Crippen LogP contribution in [0.5, 0.6) is 0 Å². The first-order valence-electron chi connectivity index (χ1n) is 22.6. The lowest BCUT2D eigenvalue weighted by atomic mass is 9.44. The predicted octanol–water partition coefficient (Wildman–Crippen LogP) is 3.20. The molecule has 13 nitrogen and oxygen atoms in total. The van der Waals surface area contributed by atoms with E-state index in [0.29, 0.717) is 95.9 Å². The molecule has 0 spiro atoms. The van der Waals surface area contributed by atoms with Gasteiger partial charge in [0.1, 0.15) is 11.3 Å². The maximum atomic E-state index is 15.2. The molecule has 1 amide bonds. The van der Waals surface area contributed by atoms with Gasteiger partial charge in [0, 0.05) is 31.2 Å². The van der Waals surface area contributed by atoms with Crippen LogP contribution in [0, 0.1) is 45.8 Å². The monoisotopic (exact) mass is 850 g/mol. The van der Waals surface area contributed by atoms with Crippen LogP contribution >= 0.6 is 0 Å². The van der Waals surface area contributed by atoms with Crippen LogP contribution in [0.15, 0.2) is 0 Å². The number of halogens is 2. The number of likely N-dealkylation sites (tertiary alicyclic amines) is 1. The third-order valence-electron chi connectivity index (χ3n) is 17.9. The Bertz CT molecular complexity index is 1610. The van der Waals surface area contributed by atoms with E-state index in [2.05, 4.69) is 0 Å². The van der Waals surface area contributed by atoms with Crippen molar-refractivity contribution in [2.75, 3.05) is 20.8 Å². The smallest absolute Gasteiger partial charge is 0.469 e. The van der Waals surface area contributed by atoms with Gasteiger partial charge in [-0.1, -0.05) is 13.8 Å². The molecule has 1 saturated heterocycles. The molecule has 13 fully saturated rings. The number of esters is 2. The minimum Gasteiger partial charge on any atom is -0.469 e. The quantitative estimate of drug-likeness (QED) is 0.145. The van der Waals surface area contributed by atoms with Crippen molar-refractivity contribution in [2.24, 2.45) is 51.6 Å². The largest absolute Gasteiger partial charge is 0.475 e. The van der Waals surface area contributed by atoms with Crippen LogP contribution in [0.4, 0.5) is 8.78 Å². The number of carbonyl (C=O) groups excluding carboxylic acids is 3. The van der Waals surface area contributed by atoms with Crippen LogP contribution in [0.1, 0.15) is 142 Å². The van der Waals surface area contributed by atoms with Crippen LogP contribution in [0.2, 0.25) is 0 Å². The first kappa shape index (κ1) is 44.7. The molecule has 0 aromatic carbocycles. The van der Waals surface area contributed by atoms with E-state index >= 15 is 4.39 Å². The second-order valence-corrected chi connectivity index (χ2v) is 22.9. The number of carbonyl (C=O) groups is 3. The third kappa shape index (κ3) is 7.65. The molecule has 60 heavy (non-hydrogen) atoms. The lowest BCUT2D eigenvalue weighted by Crippen LogP contribution is -2.68. The molecule has 12 aliphatic carbocycles. The second kappa shape index (κ2) is 14.5. The van der Waals surface area contributed by atoms with Crippen molar-refractivity contribution in [3.05, 3.63) is 0 Å². The van der Waals surface area contributed by atoms with Crippen LogP contribution in [-0.2, 0) is 23.9 Å². The fourth-order valence-electron chi connectivity index (χ4n) is 17.1. The molecule has 13 aliphatic rings. The second-order valence-electron chi connectivity index (χ2n) is 22.9. The number of aliphatic hydroxyl groups is 4. The fraction of sp³-hybridized carbons (Fsp3) is 0.932. The van der Waals surface area contributed by atoms with E-state index in [1.807, 2.05) is 13.8 Å². The molecule has 13 rings (SSSR count). The number of nitrogens with two attached hydrogens (primary N) is 1. The lowest BCUT2D eigenvalue weighted by Gasteiger charge is -2.64. The number of alkyl halides is 2. The highest BCUT2D eigenvalue weighted by molar-refractivity contribution is 6.43. The Morgan fingerprint density at radius 2 is 1.00 bits per heavy atom. The molecular formula is C44H69BF2N2O11. The number of ether oxygens (including phenoxy) is 2. The minimum atomic E-state index is -1.59. The van der Waals surface area contributed by atoms with Crippen molar-refractivity contribution in [3.8, 4) is 0 Å². The van der Waals surface area contributed by atoms with Crippen molar-refractivity contribution < 1.29 is 63.1 Å². The highest BCUT2D eigenvalue weighted by Gasteiger charge is 2.68. The zero-order valence-electron chi connectivity index (χ0n) is 36.0. The highest BCUT2D eigenvalue weighted by atomic mass is 19.1. The van der Waals surface area contributed by atoms with E-state index in [4.69, 9.17) is 15.2 Å². The topological polar surface area (TPSA) is 220 Å². The molecule has 338 valence electrons. The van der Waals surface area contributed by atoms with E-state index in [1.165, 1.54) is 19.1 Å². The summed E-state index contributed by atoms with van der Waals surface area (Å²) in [6.07, 6.45) is 11.3. The van der Waals surface area contributed by atoms with Gasteiger partial charge in [-0.15, -0.1) is 0 Å². The van der Waals surface area contributed by atoms with Crippen LogP contribution in [0.3, 0.4) is 0 Å². The average Bonchev–Trinajstić information content (AvgIpc) is 3.60. The van der Waals surface area contributed by atoms with Gasteiger partial charge in [-0.25, -0.2) is 8.78 Å². The normalized spacial score (nSPS) is 49.9. The van der Waals surface area contributed by atoms with Gasteiger partial charge in [-0.3, -0.25) is 14.4 Å². The van der Waals surface area contributed by atoms with Gasteiger partial charge in [0.2, 0.25) is 5.91 Å². The Labute approximate surface area is 352 Å². The van der Waals surface area contributed by atoms with Crippen molar-refractivity contribution in [1.82, 2.24) is 4.90 Å². The van der Waals surface area contributed by atoms with Gasteiger partial charge in [-0.05, 0) is 138 Å². The van der Waals surface area contributed by atoms with Crippen molar-refractivity contribution in [1.29, 1.82) is 0 Å². The molecule has 1 heterocycles. The SMILES string of the molecule is COC(=O)[C@@H](C)C12CC3CC(O)(CC(F)(C3)C1)C2.COC(=O)[C@@H](C)C12CC3CC(O)(CC(O)(C3)C1)C2.N[C@H](C(=O)N1CCC[C@H]1B(O)O)C12CC3CC(O)(CC(F)(C3)C1)C2. The van der Waals surface area contributed by atoms with Crippen LogP contribution < -0.4 is 5.73 Å². The lowest BCUT2D eigenvalue weighted by molar-refractivity contribution is -0.242. The Morgan fingerprint density at radius 1 is 0.617 bits per heavy atom. The maximum Gasteiger partial charge on any atom is 0.475 e. The average molecular weight is 851 g/mol. The molecule has 1 aliphatic heterocycles. The number of rotatable bonds is 7. The molecule has 16 heteroatoms. The van der Waals surface area contributed by atoms with E-state index in [0.717, 1.165) is 25.7 Å². The maximum absolute atomic E-state index is 15.2. The Morgan fingerprint density at radius 3 is 1.40 bits per heavy atom. The standard InChI is InChI=1S/C16H26BFN2O4.C14H21FO3.C14H22O4/c18-15-5-10-4-14(7-15,8-16(22,6-10)9-15)12(19)13(21)20-3-1-2-11(20)17(23)24;1-9(11(16)18-2)12-3-10-4-13(15,6-12)8-14(17,5-10)7-12;1-9(11(15)18-2)12-3-10-4-13(16,6-12)8-14(17,5-10)7-12/h10-12,22-24H,1-9,19H2;9-10,17H,3-8H2,1-2H3;9-10,16-17H,3-8H2,1-2H3/t10?,11-,12+,14?,15?,16?;2*9-,10?,12?,13?,14?/m011/s1. The number of amides is 1. The van der Waals surface area contributed by atoms with Gasteiger partial charge in [-0.2, -0.15) is 0 Å². The van der Waals surface area contributed by atoms with Crippen LogP contribution in [0.25, 0.3) is 0 Å². The predicted molar refractivity (Wildman–Crippen MR) is 214 cm³/mol. The number of methoxy groups -OCH3 is 2. The molecule has 8 N–H and O–H groups in total. The highest BCUT2D eigenvalue weighted by Crippen LogP contribution is 2.68. The third-order valence-corrected chi connectivity index (χ3v) is 17.9. The zero-order valence-corrected chi connectivity index (χ0v) is 36.0. The van der Waals surface area contributed by atoms with E-state index < -0.39 is 63.7 Å². The Kier molecular flexibility index (Phi) is 10.8. The van der Waals surface area contributed by atoms with Gasteiger partial charge in [0.15, 0.2) is 0 Å². The Hall–Kier alpha value is -1.95. The first-order chi connectivity index (χ1) is 27.8. The Balaban J connectivity index is 0.000000127. The summed E-state index contributed by atoms with van der Waals surface area (Å²) >= 11 is 0. The van der Waals surface area contributed by atoms with E-state index in [9.17, 15) is 49.2 Å². The summed E-state index contributed by atoms with van der Waals surface area (Å²) < 4.78 is 39.6. The molecule has 12 saturated carbocycles. The molecule has 0 radical (unpaired) electrons. The summed E-state index contributed by atoms with van der Waals surface area (Å²) in [7, 11) is 1.19. The first-order valence-corrected chi connectivity index (χ1v) is 22.6. The van der Waals surface area contributed by atoms with Gasteiger partial charge < -0.3 is 50.6 Å². The fourth-order valence-corrected chi connectivity index (χ4v) is 17.1. The summed E-state index contributed by atoms with van der Waals surface area (Å²) in [5, 5.41) is 61.5. The summed E-state index contributed by atoms with van der Waals surface area (Å²) in [4.78, 5) is 38.1. The number of hydrogen-bond acceptors (Lipinski definition) is 12. The van der Waals surface area contributed by atoms with Gasteiger partial charge >= 0.3 is 19.1 Å². The van der Waals surface area contributed by atoms with Crippen molar-refractivity contribution in [2.45, 2.75) is 188 Å². The summed E-state index contributed by atoms with van der Waals surface area (Å²) in [6, 6.07) is -0.901. The van der Waals surface area contributed by atoms with Crippen LogP contribution in [-0.4, -0.2) is 127 Å². The molecule has 0 aromatic heterocycles. The molecule has 0 aromatic rings. The molecule has 12 bridgehead atoms. The molecule has 10 unspecified atom stereocenters. The van der Waals surface area contributed by atoms with E-state index in [-0.39, 0.29) is 66.2 Å². The zero-order chi connectivity index (χ0) is 43.7. The number of nitrogens with zero attached hydrogens (tertiary/aromatic N) is 1. The van der Waals surface area contributed by atoms with Crippen molar-refractivity contribution >= 4 is 25.0 Å². The van der Waals surface area contributed by atoms with Gasteiger partial charge in [0.25, 0.3) is 0 Å². The molecule has 14 atom stereocenters. The summed E-state index contributed by atoms with van der Waals surface area (Å²) in [5.74, 6) is -1.39. The summed E-state index contributed by atoms with van der Waals surface area (Å²) in [6.45, 7) is 4.15. The number of hydrogen-bond donors (Lipinski definition) is 7. The van der Waals surface area contributed by atoms with Gasteiger partial charge in [0.05, 0.1) is 60.4 Å². The molecular weight excluding hydrogens is 781 g/mol. The van der Waals surface area contributed by atoms with Crippen molar-refractivity contribution in [3.63, 3.8) is 0 Å². The van der Waals surface area contributed by atoms with E-state index in [1.54, 1.807) is 0 Å². The summed E-state index contributed by atoms with van der Waals surface area (Å²) in [5.41, 5.74) is -1.20. The minimum absolute atomic E-state index is 0.0768.